The molecule has 6 heteroatoms. The Morgan fingerprint density at radius 3 is 2.50 bits per heavy atom. The van der Waals surface area contributed by atoms with Crippen LogP contribution in [0.1, 0.15) is 25.8 Å². The van der Waals surface area contributed by atoms with E-state index in [2.05, 4.69) is 23.5 Å². The summed E-state index contributed by atoms with van der Waals surface area (Å²) in [5, 5.41) is 0. The molecule has 0 fully saturated rings. The van der Waals surface area contributed by atoms with Crippen LogP contribution in [0, 0.1) is 6.92 Å². The van der Waals surface area contributed by atoms with Gasteiger partial charge >= 0.3 is 0 Å². The molecule has 1 aromatic rings. The molecule has 0 aliphatic heterocycles. The van der Waals surface area contributed by atoms with E-state index in [1.807, 2.05) is 0 Å². The highest BCUT2D eigenvalue weighted by Gasteiger charge is 2.16. The van der Waals surface area contributed by atoms with Gasteiger partial charge in [-0.05, 0) is 50.2 Å². The highest BCUT2D eigenvalue weighted by Crippen LogP contribution is 2.17. The zero-order chi connectivity index (χ0) is 15.2. The predicted octanol–water partition coefficient (Wildman–Crippen LogP) is 1.59. The van der Waals surface area contributed by atoms with Crippen molar-refractivity contribution >= 4 is 15.7 Å². The molecule has 0 atom stereocenters. The van der Waals surface area contributed by atoms with Gasteiger partial charge in [0.25, 0.3) is 0 Å². The third kappa shape index (κ3) is 4.77. The summed E-state index contributed by atoms with van der Waals surface area (Å²) in [5.74, 6) is 0. The number of nitrogens with zero attached hydrogens (tertiary/aromatic N) is 1. The lowest BCUT2D eigenvalue weighted by atomic mass is 10.2. The molecule has 0 aliphatic carbocycles. The van der Waals surface area contributed by atoms with Gasteiger partial charge < -0.3 is 10.6 Å². The molecule has 1 rings (SSSR count). The molecule has 0 saturated heterocycles. The quantitative estimate of drug-likeness (QED) is 0.715. The smallest absolute Gasteiger partial charge is 0.240 e. The normalized spacial score (nSPS) is 12.0. The summed E-state index contributed by atoms with van der Waals surface area (Å²) >= 11 is 0. The summed E-state index contributed by atoms with van der Waals surface area (Å²) in [5.41, 5.74) is 6.88. The molecule has 0 amide bonds. The maximum absolute atomic E-state index is 12.2. The van der Waals surface area contributed by atoms with Crippen LogP contribution >= 0.6 is 0 Å². The van der Waals surface area contributed by atoms with Crippen molar-refractivity contribution in [1.82, 2.24) is 9.62 Å². The molecule has 0 spiro atoms. The Bertz CT molecular complexity index is 529. The lowest BCUT2D eigenvalue weighted by Gasteiger charge is -2.19. The zero-order valence-electron chi connectivity index (χ0n) is 12.5. The minimum atomic E-state index is -3.46. The van der Waals surface area contributed by atoms with Gasteiger partial charge in [0.1, 0.15) is 0 Å². The average molecular weight is 299 g/mol. The molecule has 5 nitrogen and oxygen atoms in total. The SMILES string of the molecule is CCCN(CC)CCNS(=O)(=O)c1ccc(N)cc1C. The highest BCUT2D eigenvalue weighted by molar-refractivity contribution is 7.89. The van der Waals surface area contributed by atoms with Gasteiger partial charge in [0.15, 0.2) is 0 Å². The van der Waals surface area contributed by atoms with E-state index < -0.39 is 10.0 Å². The number of hydrogen-bond acceptors (Lipinski definition) is 4. The van der Waals surface area contributed by atoms with Crippen LogP contribution in [0.2, 0.25) is 0 Å². The molecule has 3 N–H and O–H groups in total. The number of aryl methyl sites for hydroxylation is 1. The fourth-order valence-corrected chi connectivity index (χ4v) is 3.38. The standard InChI is InChI=1S/C14H25N3O2S/c1-4-9-17(5-2)10-8-16-20(18,19)14-7-6-13(15)11-12(14)3/h6-7,11,16H,4-5,8-10,15H2,1-3H3. The number of rotatable bonds is 8. The predicted molar refractivity (Wildman–Crippen MR) is 83.2 cm³/mol. The Kier molecular flexibility index (Phi) is 6.45. The second-order valence-corrected chi connectivity index (χ2v) is 6.59. The first kappa shape index (κ1) is 16.9. The van der Waals surface area contributed by atoms with E-state index in [1.54, 1.807) is 25.1 Å². The van der Waals surface area contributed by atoms with Crippen LogP contribution in [0.4, 0.5) is 5.69 Å². The van der Waals surface area contributed by atoms with Crippen LogP contribution < -0.4 is 10.5 Å². The van der Waals surface area contributed by atoms with Crippen molar-refractivity contribution in [3.63, 3.8) is 0 Å². The molecule has 1 aromatic carbocycles. The maximum atomic E-state index is 12.2. The molecule has 0 aromatic heterocycles. The molecular weight excluding hydrogens is 274 g/mol. The summed E-state index contributed by atoms with van der Waals surface area (Å²) in [4.78, 5) is 2.52. The number of anilines is 1. The van der Waals surface area contributed by atoms with E-state index >= 15 is 0 Å². The maximum Gasteiger partial charge on any atom is 0.240 e. The molecule has 0 saturated carbocycles. The van der Waals surface area contributed by atoms with E-state index in [0.717, 1.165) is 26.1 Å². The Hall–Kier alpha value is -1.11. The van der Waals surface area contributed by atoms with Gasteiger partial charge in [0, 0.05) is 18.8 Å². The number of hydrogen-bond donors (Lipinski definition) is 2. The zero-order valence-corrected chi connectivity index (χ0v) is 13.3. The van der Waals surface area contributed by atoms with Gasteiger partial charge in [-0.1, -0.05) is 13.8 Å². The van der Waals surface area contributed by atoms with Crippen LogP contribution in [-0.4, -0.2) is 39.5 Å². The minimum absolute atomic E-state index is 0.297. The van der Waals surface area contributed by atoms with E-state index in [4.69, 9.17) is 5.73 Å². The lowest BCUT2D eigenvalue weighted by molar-refractivity contribution is 0.293. The summed E-state index contributed by atoms with van der Waals surface area (Å²) < 4.78 is 27.1. The van der Waals surface area contributed by atoms with Crippen molar-refractivity contribution in [2.45, 2.75) is 32.1 Å². The summed E-state index contributed by atoms with van der Waals surface area (Å²) in [6, 6.07) is 4.83. The third-order valence-electron chi connectivity index (χ3n) is 3.20. The molecule has 0 bridgehead atoms. The van der Waals surface area contributed by atoms with Crippen LogP contribution in [0.25, 0.3) is 0 Å². The number of likely N-dealkylation sites (N-methyl/N-ethyl adjacent to an activating group) is 1. The van der Waals surface area contributed by atoms with Gasteiger partial charge in [0.2, 0.25) is 10.0 Å². The van der Waals surface area contributed by atoms with Gasteiger partial charge in [-0.25, -0.2) is 13.1 Å². The van der Waals surface area contributed by atoms with E-state index in [9.17, 15) is 8.42 Å². The van der Waals surface area contributed by atoms with Crippen LogP contribution in [0.5, 0.6) is 0 Å². The molecule has 0 unspecified atom stereocenters. The van der Waals surface area contributed by atoms with Crippen LogP contribution in [0.3, 0.4) is 0 Å². The van der Waals surface area contributed by atoms with Gasteiger partial charge in [-0.15, -0.1) is 0 Å². The molecule has 20 heavy (non-hydrogen) atoms. The fourth-order valence-electron chi connectivity index (χ4n) is 2.13. The minimum Gasteiger partial charge on any atom is -0.399 e. The molecule has 0 heterocycles. The third-order valence-corrected chi connectivity index (χ3v) is 4.82. The van der Waals surface area contributed by atoms with Gasteiger partial charge in [-0.3, -0.25) is 0 Å². The number of nitrogen functional groups attached to an aromatic ring is 1. The average Bonchev–Trinajstić information content (AvgIpc) is 2.37. The van der Waals surface area contributed by atoms with E-state index in [-0.39, 0.29) is 0 Å². The van der Waals surface area contributed by atoms with Crippen molar-refractivity contribution in [3.8, 4) is 0 Å². The largest absolute Gasteiger partial charge is 0.399 e. The Labute approximate surface area is 122 Å². The number of nitrogens with two attached hydrogens (primary N) is 1. The highest BCUT2D eigenvalue weighted by atomic mass is 32.2. The fraction of sp³-hybridized carbons (Fsp3) is 0.571. The summed E-state index contributed by atoms with van der Waals surface area (Å²) in [7, 11) is -3.46. The number of benzene rings is 1. The van der Waals surface area contributed by atoms with Crippen LogP contribution in [0.15, 0.2) is 23.1 Å². The number of nitrogens with one attached hydrogen (secondary N) is 1. The topological polar surface area (TPSA) is 75.4 Å². The Morgan fingerprint density at radius 1 is 1.25 bits per heavy atom. The van der Waals surface area contributed by atoms with Crippen molar-refractivity contribution in [2.75, 3.05) is 31.9 Å². The Morgan fingerprint density at radius 2 is 1.95 bits per heavy atom. The first-order chi connectivity index (χ1) is 9.40. The number of sulfonamides is 1. The van der Waals surface area contributed by atoms with E-state index in [1.165, 1.54) is 0 Å². The van der Waals surface area contributed by atoms with Crippen LogP contribution in [-0.2, 0) is 10.0 Å². The van der Waals surface area contributed by atoms with Gasteiger partial charge in [0.05, 0.1) is 4.90 Å². The molecule has 0 radical (unpaired) electrons. The van der Waals surface area contributed by atoms with Crippen molar-refractivity contribution < 1.29 is 8.42 Å². The first-order valence-corrected chi connectivity index (χ1v) is 8.47. The molecule has 114 valence electrons. The second-order valence-electron chi connectivity index (χ2n) is 4.86. The van der Waals surface area contributed by atoms with Crippen molar-refractivity contribution in [1.29, 1.82) is 0 Å². The molecular formula is C14H25N3O2S. The van der Waals surface area contributed by atoms with Crippen molar-refractivity contribution in [3.05, 3.63) is 23.8 Å². The first-order valence-electron chi connectivity index (χ1n) is 6.98. The lowest BCUT2D eigenvalue weighted by Crippen LogP contribution is -2.35. The summed E-state index contributed by atoms with van der Waals surface area (Å²) in [6.45, 7) is 8.99. The molecule has 0 aliphatic rings. The monoisotopic (exact) mass is 299 g/mol. The summed E-state index contributed by atoms with van der Waals surface area (Å²) in [6.07, 6.45) is 1.07. The van der Waals surface area contributed by atoms with E-state index in [0.29, 0.717) is 22.7 Å². The van der Waals surface area contributed by atoms with Gasteiger partial charge in [-0.2, -0.15) is 0 Å². The Balaban J connectivity index is 2.66. The second kappa shape index (κ2) is 7.61. The van der Waals surface area contributed by atoms with Crippen molar-refractivity contribution in [2.24, 2.45) is 0 Å².